The lowest BCUT2D eigenvalue weighted by molar-refractivity contribution is 0.669. The lowest BCUT2D eigenvalue weighted by Crippen LogP contribution is -2.19. The zero-order valence-corrected chi connectivity index (χ0v) is 9.25. The molecule has 14 heavy (non-hydrogen) atoms. The first-order chi connectivity index (χ1) is 6.70. The Morgan fingerprint density at radius 3 is 2.86 bits per heavy atom. The monoisotopic (exact) mass is 193 g/mol. The van der Waals surface area contributed by atoms with Crippen LogP contribution in [0.4, 0.5) is 5.82 Å². The lowest BCUT2D eigenvalue weighted by Gasteiger charge is -2.13. The van der Waals surface area contributed by atoms with Crippen LogP contribution >= 0.6 is 0 Å². The molecule has 0 aromatic carbocycles. The fourth-order valence-electron chi connectivity index (χ4n) is 1.78. The van der Waals surface area contributed by atoms with Crippen LogP contribution in [0.5, 0.6) is 0 Å². The first-order valence-corrected chi connectivity index (χ1v) is 5.50. The molecular formula is C11H19N3. The molecule has 3 nitrogen and oxygen atoms in total. The summed E-state index contributed by atoms with van der Waals surface area (Å²) in [5.41, 5.74) is 1.16. The third kappa shape index (κ3) is 1.91. The summed E-state index contributed by atoms with van der Waals surface area (Å²) < 4.78 is 1.94. The van der Waals surface area contributed by atoms with Gasteiger partial charge in [-0.15, -0.1) is 0 Å². The largest absolute Gasteiger partial charge is 0.368 e. The number of nitrogens with zero attached hydrogens (tertiary/aromatic N) is 2. The van der Waals surface area contributed by atoms with Crippen molar-refractivity contribution in [1.29, 1.82) is 0 Å². The first kappa shape index (κ1) is 9.56. The van der Waals surface area contributed by atoms with Crippen molar-refractivity contribution in [3.8, 4) is 0 Å². The number of aryl methyl sites for hydroxylation is 2. The average molecular weight is 193 g/mol. The summed E-state index contributed by atoms with van der Waals surface area (Å²) in [7, 11) is 2.00. The minimum atomic E-state index is 0.593. The van der Waals surface area contributed by atoms with E-state index in [-0.39, 0.29) is 0 Å². The third-order valence-electron chi connectivity index (χ3n) is 3.00. The van der Waals surface area contributed by atoms with Gasteiger partial charge in [0.2, 0.25) is 0 Å². The molecule has 1 aromatic rings. The first-order valence-electron chi connectivity index (χ1n) is 5.50. The van der Waals surface area contributed by atoms with Crippen LogP contribution in [0.1, 0.15) is 32.4 Å². The van der Waals surface area contributed by atoms with Crippen molar-refractivity contribution in [2.24, 2.45) is 13.0 Å². The fourth-order valence-corrected chi connectivity index (χ4v) is 1.78. The average Bonchev–Trinajstić information content (AvgIpc) is 2.94. The topological polar surface area (TPSA) is 29.9 Å². The zero-order chi connectivity index (χ0) is 10.1. The number of nitrogens with one attached hydrogen (secondary N) is 1. The summed E-state index contributed by atoms with van der Waals surface area (Å²) in [6, 6.07) is 2.74. The Bertz CT molecular complexity index is 312. The predicted octanol–water partition coefficient (Wildman–Crippen LogP) is 2.19. The molecule has 78 valence electrons. The molecule has 0 saturated heterocycles. The van der Waals surface area contributed by atoms with Gasteiger partial charge in [0.25, 0.3) is 0 Å². The standard InChI is InChI=1S/C11H19N3/c1-4-10-7-11(14(3)13-10)12-8(2)9-5-6-9/h7-9,12H,4-6H2,1-3H3. The molecule has 1 aliphatic carbocycles. The minimum absolute atomic E-state index is 0.593. The third-order valence-corrected chi connectivity index (χ3v) is 3.00. The summed E-state index contributed by atoms with van der Waals surface area (Å²) in [5.74, 6) is 2.04. The Balaban J connectivity index is 2.03. The van der Waals surface area contributed by atoms with Gasteiger partial charge in [0.05, 0.1) is 5.69 Å². The van der Waals surface area contributed by atoms with Crippen molar-refractivity contribution in [3.05, 3.63) is 11.8 Å². The van der Waals surface area contributed by atoms with Gasteiger partial charge in [-0.2, -0.15) is 5.10 Å². The number of hydrogen-bond acceptors (Lipinski definition) is 2. The Kier molecular flexibility index (Phi) is 2.48. The number of hydrogen-bond donors (Lipinski definition) is 1. The van der Waals surface area contributed by atoms with E-state index in [1.54, 1.807) is 0 Å². The van der Waals surface area contributed by atoms with E-state index in [0.29, 0.717) is 6.04 Å². The van der Waals surface area contributed by atoms with Gasteiger partial charge in [0, 0.05) is 19.2 Å². The van der Waals surface area contributed by atoms with Crippen LogP contribution in [-0.4, -0.2) is 15.8 Å². The molecule has 1 aliphatic rings. The Hall–Kier alpha value is -0.990. The van der Waals surface area contributed by atoms with E-state index < -0.39 is 0 Å². The molecule has 1 atom stereocenters. The van der Waals surface area contributed by atoms with E-state index >= 15 is 0 Å². The summed E-state index contributed by atoms with van der Waals surface area (Å²) in [5, 5.41) is 7.94. The Labute approximate surface area is 85.5 Å². The van der Waals surface area contributed by atoms with Gasteiger partial charge >= 0.3 is 0 Å². The minimum Gasteiger partial charge on any atom is -0.368 e. The molecule has 1 fully saturated rings. The maximum absolute atomic E-state index is 4.42. The highest BCUT2D eigenvalue weighted by atomic mass is 15.3. The van der Waals surface area contributed by atoms with E-state index in [1.165, 1.54) is 12.8 Å². The molecule has 0 bridgehead atoms. The summed E-state index contributed by atoms with van der Waals surface area (Å²) in [4.78, 5) is 0. The van der Waals surface area contributed by atoms with E-state index in [0.717, 1.165) is 23.9 Å². The molecule has 0 spiro atoms. The normalized spacial score (nSPS) is 18.2. The fraction of sp³-hybridized carbons (Fsp3) is 0.727. The molecule has 0 amide bonds. The van der Waals surface area contributed by atoms with Gasteiger partial charge in [-0.25, -0.2) is 0 Å². The second-order valence-corrected chi connectivity index (χ2v) is 4.27. The Morgan fingerprint density at radius 2 is 2.36 bits per heavy atom. The quantitative estimate of drug-likeness (QED) is 0.794. The Morgan fingerprint density at radius 1 is 1.64 bits per heavy atom. The number of rotatable bonds is 4. The van der Waals surface area contributed by atoms with Gasteiger partial charge in [-0.1, -0.05) is 6.92 Å². The van der Waals surface area contributed by atoms with Crippen molar-refractivity contribution in [1.82, 2.24) is 9.78 Å². The maximum atomic E-state index is 4.42. The lowest BCUT2D eigenvalue weighted by atomic mass is 10.2. The summed E-state index contributed by atoms with van der Waals surface area (Å²) in [6.45, 7) is 4.40. The second-order valence-electron chi connectivity index (χ2n) is 4.27. The number of anilines is 1. The van der Waals surface area contributed by atoms with Crippen LogP contribution in [-0.2, 0) is 13.5 Å². The molecule has 3 heteroatoms. The second kappa shape index (κ2) is 3.64. The van der Waals surface area contributed by atoms with Crippen LogP contribution in [0.15, 0.2) is 6.07 Å². The molecule has 0 aliphatic heterocycles. The van der Waals surface area contributed by atoms with Gasteiger partial charge in [0.1, 0.15) is 5.82 Å². The van der Waals surface area contributed by atoms with E-state index in [4.69, 9.17) is 0 Å². The van der Waals surface area contributed by atoms with E-state index in [2.05, 4.69) is 30.3 Å². The highest BCUT2D eigenvalue weighted by molar-refractivity contribution is 5.38. The smallest absolute Gasteiger partial charge is 0.124 e. The molecule has 1 aromatic heterocycles. The maximum Gasteiger partial charge on any atom is 0.124 e. The summed E-state index contributed by atoms with van der Waals surface area (Å²) in [6.07, 6.45) is 3.77. The zero-order valence-electron chi connectivity index (χ0n) is 9.25. The van der Waals surface area contributed by atoms with Gasteiger partial charge in [0.15, 0.2) is 0 Å². The van der Waals surface area contributed by atoms with Crippen molar-refractivity contribution in [2.75, 3.05) is 5.32 Å². The van der Waals surface area contributed by atoms with Crippen LogP contribution in [0, 0.1) is 5.92 Å². The van der Waals surface area contributed by atoms with Crippen molar-refractivity contribution < 1.29 is 0 Å². The van der Waals surface area contributed by atoms with Crippen LogP contribution in [0.25, 0.3) is 0 Å². The van der Waals surface area contributed by atoms with E-state index in [9.17, 15) is 0 Å². The van der Waals surface area contributed by atoms with Gasteiger partial charge in [-0.05, 0) is 32.1 Å². The van der Waals surface area contributed by atoms with Crippen molar-refractivity contribution in [2.45, 2.75) is 39.2 Å². The molecule has 1 N–H and O–H groups in total. The molecule has 2 rings (SSSR count). The molecule has 1 heterocycles. The molecule has 1 unspecified atom stereocenters. The number of aromatic nitrogens is 2. The van der Waals surface area contributed by atoms with Crippen LogP contribution in [0.2, 0.25) is 0 Å². The molecular weight excluding hydrogens is 174 g/mol. The van der Waals surface area contributed by atoms with Crippen LogP contribution in [0.3, 0.4) is 0 Å². The van der Waals surface area contributed by atoms with Crippen molar-refractivity contribution >= 4 is 5.82 Å². The highest BCUT2D eigenvalue weighted by Crippen LogP contribution is 2.33. The highest BCUT2D eigenvalue weighted by Gasteiger charge is 2.28. The van der Waals surface area contributed by atoms with Gasteiger partial charge < -0.3 is 5.32 Å². The summed E-state index contributed by atoms with van der Waals surface area (Å²) >= 11 is 0. The SMILES string of the molecule is CCc1cc(NC(C)C2CC2)n(C)n1. The molecule has 0 radical (unpaired) electrons. The molecule has 1 saturated carbocycles. The predicted molar refractivity (Wildman–Crippen MR) is 58.4 cm³/mol. The van der Waals surface area contributed by atoms with Crippen LogP contribution < -0.4 is 5.32 Å². The van der Waals surface area contributed by atoms with E-state index in [1.807, 2.05) is 11.7 Å². The van der Waals surface area contributed by atoms with Crippen molar-refractivity contribution in [3.63, 3.8) is 0 Å². The van der Waals surface area contributed by atoms with Gasteiger partial charge in [-0.3, -0.25) is 4.68 Å².